The lowest BCUT2D eigenvalue weighted by Gasteiger charge is -2.21. The number of rotatable bonds is 5. The van der Waals surface area contributed by atoms with Gasteiger partial charge in [-0.15, -0.1) is 0 Å². The average molecular weight is 757 g/mol. The molecule has 0 N–H and O–H groups in total. The Hall–Kier alpha value is -7.63. The van der Waals surface area contributed by atoms with Crippen molar-refractivity contribution in [3.8, 4) is 62.1 Å². The second-order valence-electron chi connectivity index (χ2n) is 16.0. The lowest BCUT2D eigenvalue weighted by Crippen LogP contribution is -2.14. The van der Waals surface area contributed by atoms with E-state index in [0.29, 0.717) is 17.5 Å². The summed E-state index contributed by atoms with van der Waals surface area (Å²) in [6.07, 6.45) is 0. The Morgan fingerprint density at radius 1 is 0.424 bits per heavy atom. The molecule has 0 saturated carbocycles. The third-order valence-electron chi connectivity index (χ3n) is 12.3. The number of benzene rings is 8. The molecule has 8 aromatic carbocycles. The van der Waals surface area contributed by atoms with Gasteiger partial charge >= 0.3 is 0 Å². The van der Waals surface area contributed by atoms with Crippen molar-refractivity contribution >= 4 is 43.7 Å². The van der Waals surface area contributed by atoms with Crippen LogP contribution in [-0.4, -0.2) is 19.5 Å². The van der Waals surface area contributed by atoms with Gasteiger partial charge in [0.2, 0.25) is 0 Å². The number of nitrogens with zero attached hydrogens (tertiary/aromatic N) is 4. The van der Waals surface area contributed by atoms with E-state index in [1.165, 1.54) is 33.0 Å². The molecule has 1 aliphatic carbocycles. The predicted octanol–water partition coefficient (Wildman–Crippen LogP) is 13.8. The van der Waals surface area contributed by atoms with Gasteiger partial charge in [0.05, 0.1) is 16.7 Å². The van der Waals surface area contributed by atoms with E-state index in [-0.39, 0.29) is 5.41 Å². The molecule has 0 amide bonds. The fourth-order valence-electron chi connectivity index (χ4n) is 9.38. The summed E-state index contributed by atoms with van der Waals surface area (Å²) in [6.45, 7) is 4.68. The molecule has 59 heavy (non-hydrogen) atoms. The Labute approximate surface area is 340 Å². The standard InChI is InChI=1S/C54H36N4O/c1-54(2)43-22-12-9-19-37(43)41-32-47-42(31-44(41)54)38-20-10-13-23-45(38)58(47)46-30-29-40(49-39-21-11-14-24-48(39)59-50(46)49)53-56-51(35-17-7-4-8-18-35)55-52(57-53)36-27-25-34(26-28-36)33-15-5-3-6-16-33/h3-32H,1-2H3. The number of hydrogen-bond donors (Lipinski definition) is 0. The van der Waals surface area contributed by atoms with E-state index in [4.69, 9.17) is 19.4 Å². The summed E-state index contributed by atoms with van der Waals surface area (Å²) in [6, 6.07) is 64.0. The van der Waals surface area contributed by atoms with Crippen molar-refractivity contribution in [1.82, 2.24) is 19.5 Å². The van der Waals surface area contributed by atoms with Crippen molar-refractivity contribution < 1.29 is 4.42 Å². The number of aromatic nitrogens is 4. The first-order chi connectivity index (χ1) is 29.0. The van der Waals surface area contributed by atoms with Crippen molar-refractivity contribution in [3.63, 3.8) is 0 Å². The van der Waals surface area contributed by atoms with E-state index in [1.54, 1.807) is 0 Å². The Balaban J connectivity index is 1.11. The second-order valence-corrected chi connectivity index (χ2v) is 16.0. The summed E-state index contributed by atoms with van der Waals surface area (Å²) in [5.41, 5.74) is 15.0. The van der Waals surface area contributed by atoms with E-state index in [2.05, 4.69) is 152 Å². The van der Waals surface area contributed by atoms with Crippen LogP contribution in [0, 0.1) is 0 Å². The summed E-state index contributed by atoms with van der Waals surface area (Å²) >= 11 is 0. The maximum absolute atomic E-state index is 6.94. The van der Waals surface area contributed by atoms with Crippen LogP contribution >= 0.6 is 0 Å². The zero-order valence-electron chi connectivity index (χ0n) is 32.5. The van der Waals surface area contributed by atoms with Gasteiger partial charge in [-0.2, -0.15) is 0 Å². The molecule has 0 unspecified atom stereocenters. The van der Waals surface area contributed by atoms with E-state index in [9.17, 15) is 0 Å². The van der Waals surface area contributed by atoms with Gasteiger partial charge in [0, 0.05) is 43.7 Å². The summed E-state index contributed by atoms with van der Waals surface area (Å²) in [5, 5.41) is 4.40. The molecule has 3 heterocycles. The fourth-order valence-corrected chi connectivity index (χ4v) is 9.38. The highest BCUT2D eigenvalue weighted by molar-refractivity contribution is 6.17. The smallest absolute Gasteiger partial charge is 0.164 e. The summed E-state index contributed by atoms with van der Waals surface area (Å²) < 4.78 is 9.33. The molecule has 0 spiro atoms. The predicted molar refractivity (Wildman–Crippen MR) is 241 cm³/mol. The first kappa shape index (κ1) is 33.5. The number of para-hydroxylation sites is 2. The molecule has 0 aliphatic heterocycles. The molecule has 3 aromatic heterocycles. The third-order valence-corrected chi connectivity index (χ3v) is 12.3. The molecule has 0 saturated heterocycles. The summed E-state index contributed by atoms with van der Waals surface area (Å²) in [7, 11) is 0. The highest BCUT2D eigenvalue weighted by Crippen LogP contribution is 2.51. The molecule has 5 nitrogen and oxygen atoms in total. The lowest BCUT2D eigenvalue weighted by molar-refractivity contribution is 0.661. The number of hydrogen-bond acceptors (Lipinski definition) is 4. The van der Waals surface area contributed by atoms with E-state index < -0.39 is 0 Å². The highest BCUT2D eigenvalue weighted by Gasteiger charge is 2.36. The summed E-state index contributed by atoms with van der Waals surface area (Å²) in [4.78, 5) is 15.5. The Morgan fingerprint density at radius 3 is 1.80 bits per heavy atom. The first-order valence-corrected chi connectivity index (χ1v) is 20.1. The highest BCUT2D eigenvalue weighted by atomic mass is 16.3. The van der Waals surface area contributed by atoms with Gasteiger partial charge in [-0.25, -0.2) is 15.0 Å². The second kappa shape index (κ2) is 12.7. The molecule has 12 rings (SSSR count). The molecule has 11 aromatic rings. The Morgan fingerprint density at radius 2 is 1.02 bits per heavy atom. The maximum atomic E-state index is 6.94. The van der Waals surface area contributed by atoms with Crippen LogP contribution in [0.3, 0.4) is 0 Å². The van der Waals surface area contributed by atoms with Crippen LogP contribution in [-0.2, 0) is 5.41 Å². The molecule has 0 atom stereocenters. The Kier molecular flexibility index (Phi) is 7.20. The van der Waals surface area contributed by atoms with Crippen molar-refractivity contribution in [2.24, 2.45) is 0 Å². The van der Waals surface area contributed by atoms with Crippen LogP contribution in [0.15, 0.2) is 186 Å². The molecule has 0 radical (unpaired) electrons. The van der Waals surface area contributed by atoms with Crippen molar-refractivity contribution in [2.75, 3.05) is 0 Å². The van der Waals surface area contributed by atoms with Crippen molar-refractivity contribution in [2.45, 2.75) is 19.3 Å². The summed E-state index contributed by atoms with van der Waals surface area (Å²) in [5.74, 6) is 1.81. The topological polar surface area (TPSA) is 56.7 Å². The van der Waals surface area contributed by atoms with Gasteiger partial charge in [0.25, 0.3) is 0 Å². The number of fused-ring (bicyclic) bond motifs is 9. The average Bonchev–Trinajstić information content (AvgIpc) is 3.92. The molecular formula is C54H36N4O. The lowest BCUT2D eigenvalue weighted by atomic mass is 9.82. The molecule has 1 aliphatic rings. The zero-order valence-corrected chi connectivity index (χ0v) is 32.5. The van der Waals surface area contributed by atoms with Crippen LogP contribution in [0.1, 0.15) is 25.0 Å². The van der Waals surface area contributed by atoms with E-state index in [1.807, 2.05) is 48.5 Å². The van der Waals surface area contributed by atoms with E-state index >= 15 is 0 Å². The largest absolute Gasteiger partial charge is 0.454 e. The molecule has 0 fully saturated rings. The van der Waals surface area contributed by atoms with Crippen molar-refractivity contribution in [1.29, 1.82) is 0 Å². The van der Waals surface area contributed by atoms with Gasteiger partial charge in [-0.3, -0.25) is 0 Å². The quantitative estimate of drug-likeness (QED) is 0.175. The minimum atomic E-state index is -0.108. The minimum absolute atomic E-state index is 0.108. The van der Waals surface area contributed by atoms with Crippen molar-refractivity contribution in [3.05, 3.63) is 193 Å². The van der Waals surface area contributed by atoms with Crippen LogP contribution < -0.4 is 0 Å². The van der Waals surface area contributed by atoms with Gasteiger partial charge in [-0.1, -0.05) is 159 Å². The van der Waals surface area contributed by atoms with Gasteiger partial charge in [0.1, 0.15) is 5.58 Å². The number of furan rings is 1. The monoisotopic (exact) mass is 756 g/mol. The molecular weight excluding hydrogens is 721 g/mol. The van der Waals surface area contributed by atoms with Crippen LogP contribution in [0.2, 0.25) is 0 Å². The van der Waals surface area contributed by atoms with Crippen LogP contribution in [0.4, 0.5) is 0 Å². The molecule has 0 bridgehead atoms. The molecule has 5 heteroatoms. The van der Waals surface area contributed by atoms with Crippen LogP contribution in [0.5, 0.6) is 0 Å². The normalized spacial score (nSPS) is 13.1. The zero-order chi connectivity index (χ0) is 39.2. The Bertz CT molecular complexity index is 3450. The van der Waals surface area contributed by atoms with E-state index in [0.717, 1.165) is 66.5 Å². The van der Waals surface area contributed by atoms with Gasteiger partial charge in [-0.05, 0) is 69.8 Å². The van der Waals surface area contributed by atoms with Gasteiger partial charge < -0.3 is 8.98 Å². The fraction of sp³-hybridized carbons (Fsp3) is 0.0556. The van der Waals surface area contributed by atoms with Gasteiger partial charge in [0.15, 0.2) is 23.1 Å². The first-order valence-electron chi connectivity index (χ1n) is 20.1. The maximum Gasteiger partial charge on any atom is 0.164 e. The third kappa shape index (κ3) is 5.08. The molecule has 278 valence electrons. The minimum Gasteiger partial charge on any atom is -0.454 e. The van der Waals surface area contributed by atoms with Crippen LogP contribution in [0.25, 0.3) is 106 Å². The SMILES string of the molecule is CC1(C)c2ccccc2-c2cc3c(cc21)c1ccccc1n3-c1ccc(-c2nc(-c3ccccc3)nc(-c3ccc(-c4ccccc4)cc3)n2)c2c1oc1ccccc12.